The summed E-state index contributed by atoms with van der Waals surface area (Å²) in [7, 11) is 3.74. The van der Waals surface area contributed by atoms with Crippen molar-refractivity contribution in [3.8, 4) is 0 Å². The van der Waals surface area contributed by atoms with Gasteiger partial charge in [-0.1, -0.05) is 0 Å². The lowest BCUT2D eigenvalue weighted by atomic mass is 10.1. The van der Waals surface area contributed by atoms with E-state index in [2.05, 4.69) is 9.88 Å². The van der Waals surface area contributed by atoms with Gasteiger partial charge in [0.1, 0.15) is 17.0 Å². The van der Waals surface area contributed by atoms with Crippen molar-refractivity contribution in [1.82, 2.24) is 14.5 Å². The van der Waals surface area contributed by atoms with Crippen LogP contribution < -0.4 is 16.1 Å². The Morgan fingerprint density at radius 3 is 2.52 bits per heavy atom. The maximum atomic E-state index is 14.7. The number of hydrogen-bond donors (Lipinski definition) is 1. The molecule has 1 aliphatic rings. The maximum absolute atomic E-state index is 14.7. The van der Waals surface area contributed by atoms with Crippen LogP contribution in [0.15, 0.2) is 29.2 Å². The second-order valence-corrected chi connectivity index (χ2v) is 6.99. The van der Waals surface area contributed by atoms with E-state index >= 15 is 0 Å². The van der Waals surface area contributed by atoms with E-state index in [4.69, 9.17) is 5.73 Å². The highest BCUT2D eigenvalue weighted by molar-refractivity contribution is 5.98. The Labute approximate surface area is 154 Å². The summed E-state index contributed by atoms with van der Waals surface area (Å²) in [6.07, 6.45) is 1.39. The topological polar surface area (TPSA) is 84.5 Å². The van der Waals surface area contributed by atoms with Crippen molar-refractivity contribution in [2.75, 3.05) is 38.1 Å². The van der Waals surface area contributed by atoms with Gasteiger partial charge in [-0.2, -0.15) is 0 Å². The molecule has 2 aromatic heterocycles. The Morgan fingerprint density at radius 2 is 1.85 bits per heavy atom. The van der Waals surface area contributed by atoms with E-state index < -0.39 is 11.3 Å². The highest BCUT2D eigenvalue weighted by atomic mass is 19.1. The van der Waals surface area contributed by atoms with Crippen molar-refractivity contribution in [2.24, 2.45) is 12.8 Å². The first-order valence-electron chi connectivity index (χ1n) is 8.72. The molecule has 27 heavy (non-hydrogen) atoms. The van der Waals surface area contributed by atoms with E-state index in [1.807, 2.05) is 11.9 Å². The minimum absolute atomic E-state index is 0.110. The Morgan fingerprint density at radius 1 is 1.15 bits per heavy atom. The SMILES string of the molecule is CN1CCN(c2cc3nc4c(cc3cc2F)c(=O)c(C(N)=O)cn4C)CC1. The minimum Gasteiger partial charge on any atom is -0.367 e. The van der Waals surface area contributed by atoms with Crippen LogP contribution in [0.5, 0.6) is 0 Å². The number of fused-ring (bicyclic) bond motifs is 2. The van der Waals surface area contributed by atoms with Gasteiger partial charge < -0.3 is 20.1 Å². The third-order valence-electron chi connectivity index (χ3n) is 5.12. The molecule has 0 atom stereocenters. The number of nitrogens with zero attached hydrogens (tertiary/aromatic N) is 4. The number of primary amides is 1. The number of amides is 1. The highest BCUT2D eigenvalue weighted by Crippen LogP contribution is 2.27. The van der Waals surface area contributed by atoms with Gasteiger partial charge in [-0.05, 0) is 25.2 Å². The molecule has 2 N–H and O–H groups in total. The highest BCUT2D eigenvalue weighted by Gasteiger charge is 2.19. The zero-order valence-corrected chi connectivity index (χ0v) is 15.2. The first-order valence-corrected chi connectivity index (χ1v) is 8.72. The Balaban J connectivity index is 1.91. The number of aryl methyl sites for hydroxylation is 1. The molecule has 1 aliphatic heterocycles. The number of halogens is 1. The number of hydrogen-bond acceptors (Lipinski definition) is 5. The van der Waals surface area contributed by atoms with Gasteiger partial charge in [0, 0.05) is 44.8 Å². The van der Waals surface area contributed by atoms with Crippen LogP contribution in [0.1, 0.15) is 10.4 Å². The monoisotopic (exact) mass is 369 g/mol. The van der Waals surface area contributed by atoms with Gasteiger partial charge in [-0.25, -0.2) is 9.37 Å². The number of benzene rings is 1. The van der Waals surface area contributed by atoms with E-state index in [0.29, 0.717) is 22.2 Å². The zero-order valence-electron chi connectivity index (χ0n) is 15.2. The second kappa shape index (κ2) is 6.31. The molecule has 140 valence electrons. The summed E-state index contributed by atoms with van der Waals surface area (Å²) < 4.78 is 16.3. The van der Waals surface area contributed by atoms with Crippen molar-refractivity contribution in [3.63, 3.8) is 0 Å². The van der Waals surface area contributed by atoms with Crippen LogP contribution in [0.4, 0.5) is 10.1 Å². The maximum Gasteiger partial charge on any atom is 0.254 e. The molecule has 1 amide bonds. The normalized spacial score (nSPS) is 15.6. The quantitative estimate of drug-likeness (QED) is 0.684. The molecule has 1 saturated heterocycles. The average Bonchev–Trinajstić information content (AvgIpc) is 2.63. The van der Waals surface area contributed by atoms with Crippen LogP contribution >= 0.6 is 0 Å². The van der Waals surface area contributed by atoms with Crippen LogP contribution in [0.3, 0.4) is 0 Å². The Kier molecular flexibility index (Phi) is 4.07. The Bertz CT molecular complexity index is 1130. The van der Waals surface area contributed by atoms with E-state index in [-0.39, 0.29) is 16.8 Å². The summed E-state index contributed by atoms with van der Waals surface area (Å²) in [6.45, 7) is 3.22. The predicted octanol–water partition coefficient (Wildman–Crippen LogP) is 1.08. The van der Waals surface area contributed by atoms with Crippen LogP contribution in [-0.2, 0) is 7.05 Å². The smallest absolute Gasteiger partial charge is 0.254 e. The van der Waals surface area contributed by atoms with Crippen molar-refractivity contribution in [1.29, 1.82) is 0 Å². The molecule has 1 fully saturated rings. The molecule has 0 spiro atoms. The second-order valence-electron chi connectivity index (χ2n) is 6.99. The van der Waals surface area contributed by atoms with E-state index in [1.165, 1.54) is 12.3 Å². The van der Waals surface area contributed by atoms with Crippen LogP contribution in [0, 0.1) is 5.82 Å². The molecule has 4 rings (SSSR count). The number of nitrogens with two attached hydrogens (primary N) is 1. The van der Waals surface area contributed by atoms with E-state index in [9.17, 15) is 14.0 Å². The molecular weight excluding hydrogens is 349 g/mol. The molecule has 0 radical (unpaired) electrons. The summed E-state index contributed by atoms with van der Waals surface area (Å²) in [5.41, 5.74) is 6.22. The van der Waals surface area contributed by atoms with Crippen molar-refractivity contribution in [3.05, 3.63) is 46.0 Å². The fraction of sp³-hybridized carbons (Fsp3) is 0.316. The third kappa shape index (κ3) is 2.91. The standard InChI is InChI=1S/C19H20FN5O2/c1-23-3-5-25(6-4-23)16-9-15-11(8-14(16)20)7-12-17(26)13(18(21)27)10-24(2)19(12)22-15/h7-10H,3-6H2,1-2H3,(H2,21,27). The van der Waals surface area contributed by atoms with Crippen molar-refractivity contribution >= 4 is 33.5 Å². The van der Waals surface area contributed by atoms with Gasteiger partial charge in [0.2, 0.25) is 5.43 Å². The number of carbonyl (C=O) groups is 1. The fourth-order valence-electron chi connectivity index (χ4n) is 3.53. The number of rotatable bonds is 2. The van der Waals surface area contributed by atoms with Crippen LogP contribution in [-0.4, -0.2) is 53.6 Å². The van der Waals surface area contributed by atoms with Gasteiger partial charge in [-0.3, -0.25) is 9.59 Å². The number of carbonyl (C=O) groups excluding carboxylic acids is 1. The fourth-order valence-corrected chi connectivity index (χ4v) is 3.53. The molecule has 8 heteroatoms. The number of likely N-dealkylation sites (N-methyl/N-ethyl adjacent to an activating group) is 1. The van der Waals surface area contributed by atoms with Crippen molar-refractivity contribution < 1.29 is 9.18 Å². The molecule has 0 aliphatic carbocycles. The number of piperazine rings is 1. The first kappa shape index (κ1) is 17.4. The van der Waals surface area contributed by atoms with E-state index in [1.54, 1.807) is 23.7 Å². The average molecular weight is 369 g/mol. The number of anilines is 1. The summed E-state index contributed by atoms with van der Waals surface area (Å²) in [5, 5.41) is 0.754. The Hall–Kier alpha value is -3.00. The van der Waals surface area contributed by atoms with Gasteiger partial charge >= 0.3 is 0 Å². The van der Waals surface area contributed by atoms with Gasteiger partial charge in [0.15, 0.2) is 0 Å². The lowest BCUT2D eigenvalue weighted by Crippen LogP contribution is -2.44. The molecule has 3 heterocycles. The van der Waals surface area contributed by atoms with Crippen LogP contribution in [0.2, 0.25) is 0 Å². The van der Waals surface area contributed by atoms with Gasteiger partial charge in [-0.15, -0.1) is 0 Å². The molecule has 3 aromatic rings. The minimum atomic E-state index is -0.797. The molecule has 7 nitrogen and oxygen atoms in total. The lowest BCUT2D eigenvalue weighted by Gasteiger charge is -2.34. The summed E-state index contributed by atoms with van der Waals surface area (Å²) in [4.78, 5) is 32.8. The number of pyridine rings is 2. The van der Waals surface area contributed by atoms with Crippen LogP contribution in [0.25, 0.3) is 21.9 Å². The summed E-state index contributed by atoms with van der Waals surface area (Å²) >= 11 is 0. The third-order valence-corrected chi connectivity index (χ3v) is 5.12. The molecule has 0 bridgehead atoms. The summed E-state index contributed by atoms with van der Waals surface area (Å²) in [6, 6.07) is 4.69. The summed E-state index contributed by atoms with van der Waals surface area (Å²) in [5.74, 6) is -1.15. The largest absolute Gasteiger partial charge is 0.367 e. The number of aromatic nitrogens is 2. The van der Waals surface area contributed by atoms with Gasteiger partial charge in [0.05, 0.1) is 16.6 Å². The molecule has 0 saturated carbocycles. The molecular formula is C19H20FN5O2. The molecule has 1 aromatic carbocycles. The van der Waals surface area contributed by atoms with E-state index in [0.717, 1.165) is 26.2 Å². The predicted molar refractivity (Wildman–Crippen MR) is 103 cm³/mol. The zero-order chi connectivity index (χ0) is 19.3. The van der Waals surface area contributed by atoms with Gasteiger partial charge in [0.25, 0.3) is 5.91 Å². The first-order chi connectivity index (χ1) is 12.8. The van der Waals surface area contributed by atoms with Crippen molar-refractivity contribution in [2.45, 2.75) is 0 Å². The lowest BCUT2D eigenvalue weighted by molar-refractivity contribution is 0.0999. The molecule has 0 unspecified atom stereocenters.